The Hall–Kier alpha value is -4.76. The van der Waals surface area contributed by atoms with E-state index >= 15 is 0 Å². The quantitative estimate of drug-likeness (QED) is 0.174. The van der Waals surface area contributed by atoms with Gasteiger partial charge in [0.2, 0.25) is 5.69 Å². The summed E-state index contributed by atoms with van der Waals surface area (Å²) < 4.78 is 5.09. The lowest BCUT2D eigenvalue weighted by Crippen LogP contribution is -2.69. The van der Waals surface area contributed by atoms with Crippen LogP contribution in [0.2, 0.25) is 0 Å². The highest BCUT2D eigenvalue weighted by molar-refractivity contribution is 6.12. The van der Waals surface area contributed by atoms with Gasteiger partial charge in [0.15, 0.2) is 11.7 Å². The fourth-order valence-corrected chi connectivity index (χ4v) is 10.0. The molecule has 238 valence electrons. The Balaban J connectivity index is 1.31. The number of rotatable bonds is 5. The summed E-state index contributed by atoms with van der Waals surface area (Å²) in [7, 11) is 0. The van der Waals surface area contributed by atoms with Crippen LogP contribution in [-0.4, -0.2) is 9.55 Å². The van der Waals surface area contributed by atoms with Gasteiger partial charge in [-0.1, -0.05) is 95.3 Å². The number of pyridine rings is 2. The lowest BCUT2D eigenvalue weighted by molar-refractivity contribution is -0.769. The predicted octanol–water partition coefficient (Wildman–Crippen LogP) is 11.2. The summed E-state index contributed by atoms with van der Waals surface area (Å²) in [4.78, 5) is 4.95. The molecular weight excluding hydrogens is 583 g/mol. The number of benzene rings is 4. The lowest BCUT2D eigenvalue weighted by Gasteiger charge is -2.48. The van der Waals surface area contributed by atoms with E-state index in [1.165, 1.54) is 71.7 Å². The second-order valence-electron chi connectivity index (χ2n) is 15.0. The van der Waals surface area contributed by atoms with E-state index in [9.17, 15) is 0 Å². The lowest BCUT2D eigenvalue weighted by atomic mass is 9.58. The van der Waals surface area contributed by atoms with Crippen molar-refractivity contribution in [1.29, 1.82) is 0 Å². The molecule has 0 saturated carbocycles. The Morgan fingerprint density at radius 1 is 0.688 bits per heavy atom. The van der Waals surface area contributed by atoms with Crippen LogP contribution in [0, 0.1) is 0 Å². The zero-order valence-corrected chi connectivity index (χ0v) is 29.1. The number of para-hydroxylation sites is 1. The first kappa shape index (κ1) is 29.4. The number of hydrogen-bond donors (Lipinski definition) is 0. The van der Waals surface area contributed by atoms with E-state index in [4.69, 9.17) is 4.98 Å². The molecule has 2 unspecified atom stereocenters. The van der Waals surface area contributed by atoms with Gasteiger partial charge in [-0.3, -0.25) is 4.57 Å². The van der Waals surface area contributed by atoms with Crippen molar-refractivity contribution in [2.24, 2.45) is 0 Å². The summed E-state index contributed by atoms with van der Waals surface area (Å²) in [6.45, 7) is 14.3. The number of nitrogens with zero attached hydrogens (tertiary/aromatic N) is 3. The number of fused-ring (bicyclic) bond motifs is 10. The highest BCUT2D eigenvalue weighted by Crippen LogP contribution is 2.54. The third-order valence-corrected chi connectivity index (χ3v) is 12.6. The summed E-state index contributed by atoms with van der Waals surface area (Å²) in [5.41, 5.74) is 11.8. The van der Waals surface area contributed by atoms with Crippen molar-refractivity contribution in [3.05, 3.63) is 126 Å². The van der Waals surface area contributed by atoms with Crippen LogP contribution in [0.4, 0.5) is 0 Å². The first-order chi connectivity index (χ1) is 23.3. The van der Waals surface area contributed by atoms with Gasteiger partial charge >= 0.3 is 0 Å². The Kier molecular flexibility index (Phi) is 6.20. The smallest absolute Gasteiger partial charge is 0.221 e. The van der Waals surface area contributed by atoms with Crippen LogP contribution in [0.25, 0.3) is 60.8 Å². The van der Waals surface area contributed by atoms with Crippen LogP contribution in [0.1, 0.15) is 83.9 Å². The van der Waals surface area contributed by atoms with Crippen LogP contribution in [0.3, 0.4) is 0 Å². The summed E-state index contributed by atoms with van der Waals surface area (Å²) in [5, 5.41) is 5.21. The molecule has 0 amide bonds. The second kappa shape index (κ2) is 10.1. The maximum Gasteiger partial charge on any atom is 0.221 e. The fraction of sp³-hybridized carbons (Fsp3) is 0.289. The maximum atomic E-state index is 4.95. The van der Waals surface area contributed by atoms with Gasteiger partial charge < -0.3 is 0 Å². The molecule has 4 aromatic carbocycles. The molecule has 3 aromatic heterocycles. The van der Waals surface area contributed by atoms with Gasteiger partial charge in [0.05, 0.1) is 27.4 Å². The number of aromatic nitrogens is 3. The molecule has 5 heterocycles. The van der Waals surface area contributed by atoms with E-state index in [2.05, 4.69) is 154 Å². The minimum absolute atomic E-state index is 0.00195. The molecule has 3 nitrogen and oxygen atoms in total. The van der Waals surface area contributed by atoms with Crippen LogP contribution >= 0.6 is 0 Å². The van der Waals surface area contributed by atoms with Gasteiger partial charge in [0, 0.05) is 46.9 Å². The second-order valence-corrected chi connectivity index (χ2v) is 15.0. The summed E-state index contributed by atoms with van der Waals surface area (Å²) in [6, 6.07) is 36.9. The third-order valence-electron chi connectivity index (χ3n) is 12.6. The molecule has 0 fully saturated rings. The molecule has 0 saturated heterocycles. The van der Waals surface area contributed by atoms with Crippen LogP contribution in [0.15, 0.2) is 109 Å². The van der Waals surface area contributed by atoms with Gasteiger partial charge in [-0.05, 0) is 77.7 Å². The SMILES string of the molecule is CCCC1(CC)[n+]2ccc3ccccc3c2-c2cc(-c3ccc4c(c3)c3cccc5c3n4-c3ncccc3C5(C)C)ccc2C1(C)CC. The van der Waals surface area contributed by atoms with Gasteiger partial charge in [0.1, 0.15) is 5.82 Å². The Morgan fingerprint density at radius 2 is 1.46 bits per heavy atom. The van der Waals surface area contributed by atoms with Gasteiger partial charge in [-0.25, -0.2) is 4.98 Å². The molecule has 2 aliphatic heterocycles. The van der Waals surface area contributed by atoms with E-state index in [1.807, 2.05) is 6.20 Å². The predicted molar refractivity (Wildman–Crippen MR) is 200 cm³/mol. The summed E-state index contributed by atoms with van der Waals surface area (Å²) in [6.07, 6.45) is 8.82. The first-order valence-corrected chi connectivity index (χ1v) is 17.9. The highest BCUT2D eigenvalue weighted by Gasteiger charge is 2.59. The molecular formula is C45H44N3+. The van der Waals surface area contributed by atoms with Crippen molar-refractivity contribution in [3.63, 3.8) is 0 Å². The van der Waals surface area contributed by atoms with Crippen LogP contribution in [-0.2, 0) is 16.4 Å². The monoisotopic (exact) mass is 626 g/mol. The average Bonchev–Trinajstić information content (AvgIpc) is 3.46. The maximum absolute atomic E-state index is 4.95. The van der Waals surface area contributed by atoms with Gasteiger partial charge in [0.25, 0.3) is 0 Å². The first-order valence-electron chi connectivity index (χ1n) is 17.9. The minimum atomic E-state index is -0.125. The van der Waals surface area contributed by atoms with E-state index in [-0.39, 0.29) is 16.4 Å². The average molecular weight is 627 g/mol. The Bertz CT molecular complexity index is 2450. The zero-order valence-electron chi connectivity index (χ0n) is 29.1. The minimum Gasteiger partial charge on any atom is -0.293 e. The summed E-state index contributed by atoms with van der Waals surface area (Å²) in [5.74, 6) is 1.05. The molecule has 48 heavy (non-hydrogen) atoms. The van der Waals surface area contributed by atoms with E-state index in [0.29, 0.717) is 0 Å². The standard InChI is InChI=1S/C45H44N3/c1-7-24-45(9-3)44(6,8-2)36-21-19-30(28-35(36)40-32-15-11-10-14-29(32)23-26-47(40)45)31-20-22-39-34(27-31)33-16-12-17-37-41(33)48(39)42-38(43(37,4)5)18-13-25-46-42/h10-23,25-28H,7-9,24H2,1-6H3/q+1. The van der Waals surface area contributed by atoms with E-state index in [1.54, 1.807) is 0 Å². The van der Waals surface area contributed by atoms with Crippen molar-refractivity contribution < 1.29 is 4.57 Å². The molecule has 0 aliphatic carbocycles. The zero-order chi connectivity index (χ0) is 33.0. The number of hydrogen-bond acceptors (Lipinski definition) is 1. The van der Waals surface area contributed by atoms with Crippen molar-refractivity contribution in [3.8, 4) is 28.2 Å². The summed E-state index contributed by atoms with van der Waals surface area (Å²) >= 11 is 0. The van der Waals surface area contributed by atoms with Crippen LogP contribution < -0.4 is 4.57 Å². The molecule has 0 N–H and O–H groups in total. The molecule has 0 radical (unpaired) electrons. The molecule has 9 rings (SSSR count). The topological polar surface area (TPSA) is 21.7 Å². The van der Waals surface area contributed by atoms with E-state index in [0.717, 1.165) is 31.5 Å². The largest absolute Gasteiger partial charge is 0.293 e. The molecule has 7 aromatic rings. The van der Waals surface area contributed by atoms with Crippen molar-refractivity contribution in [2.45, 2.75) is 83.6 Å². The van der Waals surface area contributed by atoms with Crippen molar-refractivity contribution >= 4 is 32.6 Å². The normalized spacial score (nSPS) is 20.5. The van der Waals surface area contributed by atoms with Crippen molar-refractivity contribution in [1.82, 2.24) is 9.55 Å². The van der Waals surface area contributed by atoms with Crippen LogP contribution in [0.5, 0.6) is 0 Å². The molecule has 2 atom stereocenters. The fourth-order valence-electron chi connectivity index (χ4n) is 10.0. The van der Waals surface area contributed by atoms with E-state index < -0.39 is 0 Å². The molecule has 3 heteroatoms. The molecule has 2 aliphatic rings. The van der Waals surface area contributed by atoms with Gasteiger partial charge in [-0.15, -0.1) is 0 Å². The highest BCUT2D eigenvalue weighted by atomic mass is 15.1. The molecule has 0 spiro atoms. The Labute approximate surface area is 283 Å². The van der Waals surface area contributed by atoms with Crippen molar-refractivity contribution in [2.75, 3.05) is 0 Å². The van der Waals surface area contributed by atoms with Gasteiger partial charge in [-0.2, -0.15) is 4.57 Å². The molecule has 0 bridgehead atoms. The Morgan fingerprint density at radius 3 is 2.27 bits per heavy atom. The third kappa shape index (κ3) is 3.55.